The maximum absolute atomic E-state index is 12.7. The van der Waals surface area contributed by atoms with Gasteiger partial charge in [-0.2, -0.15) is 0 Å². The van der Waals surface area contributed by atoms with Crippen molar-refractivity contribution in [3.05, 3.63) is 35.6 Å². The topological polar surface area (TPSA) is 0 Å². The highest BCUT2D eigenvalue weighted by Crippen LogP contribution is 2.30. The molecule has 0 atom stereocenters. The predicted molar refractivity (Wildman–Crippen MR) is 58.9 cm³/mol. The van der Waals surface area contributed by atoms with Gasteiger partial charge >= 0.3 is 0 Å². The van der Waals surface area contributed by atoms with Crippen molar-refractivity contribution < 1.29 is 4.39 Å². The normalized spacial score (nSPS) is 12.1. The van der Waals surface area contributed by atoms with Gasteiger partial charge in [0, 0.05) is 0 Å². The van der Waals surface area contributed by atoms with Gasteiger partial charge in [-0.25, -0.2) is 4.39 Å². The van der Waals surface area contributed by atoms with Crippen molar-refractivity contribution >= 4 is 0 Å². The number of benzene rings is 1. The van der Waals surface area contributed by atoms with E-state index in [0.717, 1.165) is 6.42 Å². The quantitative estimate of drug-likeness (QED) is 0.678. The van der Waals surface area contributed by atoms with Crippen LogP contribution in [-0.4, -0.2) is 0 Å². The highest BCUT2D eigenvalue weighted by molar-refractivity contribution is 5.24. The zero-order chi connectivity index (χ0) is 10.8. The molecule has 1 aromatic carbocycles. The summed E-state index contributed by atoms with van der Waals surface area (Å²) in [7, 11) is 0. The Labute approximate surface area is 86.2 Å². The smallest absolute Gasteiger partial charge is 0.123 e. The first-order valence-corrected chi connectivity index (χ1v) is 5.18. The van der Waals surface area contributed by atoms with Crippen LogP contribution in [0.3, 0.4) is 0 Å². The van der Waals surface area contributed by atoms with Gasteiger partial charge in [0.1, 0.15) is 5.82 Å². The van der Waals surface area contributed by atoms with Crippen molar-refractivity contribution in [3.8, 4) is 0 Å². The third-order valence-corrected chi connectivity index (χ3v) is 2.54. The molecule has 0 aliphatic heterocycles. The molecule has 0 amide bonds. The van der Waals surface area contributed by atoms with E-state index < -0.39 is 0 Å². The van der Waals surface area contributed by atoms with Crippen molar-refractivity contribution in [2.75, 3.05) is 0 Å². The van der Waals surface area contributed by atoms with Crippen LogP contribution in [-0.2, 0) is 5.41 Å². The molecule has 1 heteroatoms. The van der Waals surface area contributed by atoms with Gasteiger partial charge in [-0.1, -0.05) is 39.8 Å². The predicted octanol–water partition coefficient (Wildman–Crippen LogP) is 4.15. The van der Waals surface area contributed by atoms with Crippen molar-refractivity contribution in [2.24, 2.45) is 5.92 Å². The standard InChI is InChI=1S/C13H19F/c1-10(2)9-13(3,4)11-5-7-12(14)8-6-11/h5-8,10H,9H2,1-4H3. The third kappa shape index (κ3) is 2.83. The molecule has 0 aliphatic rings. The molecule has 1 rings (SSSR count). The van der Waals surface area contributed by atoms with Gasteiger partial charge < -0.3 is 0 Å². The van der Waals surface area contributed by atoms with Crippen molar-refractivity contribution in [1.82, 2.24) is 0 Å². The van der Waals surface area contributed by atoms with Crippen LogP contribution in [0.4, 0.5) is 4.39 Å². The van der Waals surface area contributed by atoms with Crippen molar-refractivity contribution in [2.45, 2.75) is 39.5 Å². The van der Waals surface area contributed by atoms with E-state index in [-0.39, 0.29) is 11.2 Å². The van der Waals surface area contributed by atoms with Gasteiger partial charge in [-0.3, -0.25) is 0 Å². The second-order valence-electron chi connectivity index (χ2n) is 4.99. The zero-order valence-electron chi connectivity index (χ0n) is 9.47. The molecule has 0 heterocycles. The third-order valence-electron chi connectivity index (χ3n) is 2.54. The van der Waals surface area contributed by atoms with E-state index in [9.17, 15) is 4.39 Å². The molecule has 14 heavy (non-hydrogen) atoms. The molecule has 0 aliphatic carbocycles. The highest BCUT2D eigenvalue weighted by Gasteiger charge is 2.21. The summed E-state index contributed by atoms with van der Waals surface area (Å²) in [6, 6.07) is 6.85. The summed E-state index contributed by atoms with van der Waals surface area (Å²) in [6.07, 6.45) is 1.12. The van der Waals surface area contributed by atoms with Crippen molar-refractivity contribution in [1.29, 1.82) is 0 Å². The Bertz CT molecular complexity index is 283. The average molecular weight is 194 g/mol. The SMILES string of the molecule is CC(C)CC(C)(C)c1ccc(F)cc1. The molecule has 0 nitrogen and oxygen atoms in total. The fourth-order valence-electron chi connectivity index (χ4n) is 2.04. The molecule has 78 valence electrons. The summed E-state index contributed by atoms with van der Waals surface area (Å²) in [6.45, 7) is 8.84. The van der Waals surface area contributed by atoms with Crippen LogP contribution >= 0.6 is 0 Å². The highest BCUT2D eigenvalue weighted by atomic mass is 19.1. The Morgan fingerprint density at radius 1 is 1.14 bits per heavy atom. The van der Waals surface area contributed by atoms with E-state index >= 15 is 0 Å². The van der Waals surface area contributed by atoms with Crippen LogP contribution < -0.4 is 0 Å². The number of hydrogen-bond acceptors (Lipinski definition) is 0. The lowest BCUT2D eigenvalue weighted by Crippen LogP contribution is -2.19. The van der Waals surface area contributed by atoms with Crippen molar-refractivity contribution in [3.63, 3.8) is 0 Å². The van der Waals surface area contributed by atoms with Crippen LogP contribution in [0.2, 0.25) is 0 Å². The van der Waals surface area contributed by atoms with Crippen LogP contribution in [0.1, 0.15) is 39.7 Å². The Hall–Kier alpha value is -0.850. The minimum absolute atomic E-state index is 0.141. The lowest BCUT2D eigenvalue weighted by atomic mass is 9.78. The van der Waals surface area contributed by atoms with E-state index in [4.69, 9.17) is 0 Å². The fourth-order valence-corrected chi connectivity index (χ4v) is 2.04. The second-order valence-corrected chi connectivity index (χ2v) is 4.99. The Morgan fingerprint density at radius 3 is 2.07 bits per heavy atom. The van der Waals surface area contributed by atoms with E-state index in [0.29, 0.717) is 5.92 Å². The molecule has 0 aromatic heterocycles. The number of halogens is 1. The average Bonchev–Trinajstić information content (AvgIpc) is 2.02. The number of rotatable bonds is 3. The molecular weight excluding hydrogens is 175 g/mol. The van der Waals surface area contributed by atoms with Gasteiger partial charge in [0.2, 0.25) is 0 Å². The summed E-state index contributed by atoms with van der Waals surface area (Å²) in [4.78, 5) is 0. The second kappa shape index (κ2) is 4.12. The summed E-state index contributed by atoms with van der Waals surface area (Å²) in [5.74, 6) is 0.504. The van der Waals surface area contributed by atoms with Gasteiger partial charge in [-0.15, -0.1) is 0 Å². The van der Waals surface area contributed by atoms with Crippen LogP contribution in [0.25, 0.3) is 0 Å². The van der Waals surface area contributed by atoms with Gasteiger partial charge in [0.15, 0.2) is 0 Å². The van der Waals surface area contributed by atoms with Gasteiger partial charge in [0.05, 0.1) is 0 Å². The maximum atomic E-state index is 12.7. The molecule has 0 saturated heterocycles. The summed E-state index contributed by atoms with van der Waals surface area (Å²) in [5, 5.41) is 0. The first kappa shape index (κ1) is 11.2. The lowest BCUT2D eigenvalue weighted by molar-refractivity contribution is 0.399. The zero-order valence-corrected chi connectivity index (χ0v) is 9.47. The van der Waals surface area contributed by atoms with Crippen LogP contribution in [0.15, 0.2) is 24.3 Å². The molecule has 0 unspecified atom stereocenters. The van der Waals surface area contributed by atoms with Crippen LogP contribution in [0.5, 0.6) is 0 Å². The van der Waals surface area contributed by atoms with Crippen LogP contribution in [0, 0.1) is 11.7 Å². The number of hydrogen-bond donors (Lipinski definition) is 0. The Morgan fingerprint density at radius 2 is 1.64 bits per heavy atom. The molecular formula is C13H19F. The minimum atomic E-state index is -0.158. The minimum Gasteiger partial charge on any atom is -0.207 e. The summed E-state index contributed by atoms with van der Waals surface area (Å²) in [5.41, 5.74) is 1.36. The largest absolute Gasteiger partial charge is 0.207 e. The first-order chi connectivity index (χ1) is 6.42. The Balaban J connectivity index is 2.86. The summed E-state index contributed by atoms with van der Waals surface area (Å²) < 4.78 is 12.7. The molecule has 0 fully saturated rings. The molecule has 0 radical (unpaired) electrons. The lowest BCUT2D eigenvalue weighted by Gasteiger charge is -2.27. The molecule has 0 spiro atoms. The maximum Gasteiger partial charge on any atom is 0.123 e. The van der Waals surface area contributed by atoms with Gasteiger partial charge in [-0.05, 0) is 35.4 Å². The van der Waals surface area contributed by atoms with E-state index in [2.05, 4.69) is 27.7 Å². The fraction of sp³-hybridized carbons (Fsp3) is 0.538. The molecule has 0 saturated carbocycles. The molecule has 0 N–H and O–H groups in total. The van der Waals surface area contributed by atoms with E-state index in [1.807, 2.05) is 12.1 Å². The molecule has 0 bridgehead atoms. The Kier molecular flexibility index (Phi) is 3.30. The van der Waals surface area contributed by atoms with E-state index in [1.165, 1.54) is 17.7 Å². The first-order valence-electron chi connectivity index (χ1n) is 5.18. The van der Waals surface area contributed by atoms with E-state index in [1.54, 1.807) is 0 Å². The summed E-state index contributed by atoms with van der Waals surface area (Å²) >= 11 is 0. The van der Waals surface area contributed by atoms with Gasteiger partial charge in [0.25, 0.3) is 0 Å². The molecule has 1 aromatic rings. The monoisotopic (exact) mass is 194 g/mol.